The first-order valence-electron chi connectivity index (χ1n) is 7.34. The van der Waals surface area contributed by atoms with Crippen LogP contribution in [-0.4, -0.2) is 36.4 Å². The molecule has 1 saturated heterocycles. The smallest absolute Gasteiger partial charge is 0.336 e. The molecule has 1 saturated carbocycles. The lowest BCUT2D eigenvalue weighted by molar-refractivity contribution is 0.0697. The molecule has 2 fully saturated rings. The molecule has 5 nitrogen and oxygen atoms in total. The summed E-state index contributed by atoms with van der Waals surface area (Å²) in [7, 11) is -3.56. The van der Waals surface area contributed by atoms with Gasteiger partial charge in [-0.15, -0.1) is 11.3 Å². The molecule has 7 heteroatoms. The van der Waals surface area contributed by atoms with Crippen LogP contribution in [0.2, 0.25) is 0 Å². The van der Waals surface area contributed by atoms with Crippen LogP contribution in [0.15, 0.2) is 15.7 Å². The highest BCUT2D eigenvalue weighted by Gasteiger charge is 2.40. The number of hydrogen-bond acceptors (Lipinski definition) is 4. The fraction of sp³-hybridized carbons (Fsp3) is 0.643. The number of nitrogens with zero attached hydrogens (tertiary/aromatic N) is 1. The van der Waals surface area contributed by atoms with Gasteiger partial charge in [-0.3, -0.25) is 0 Å². The first kappa shape index (κ1) is 15.0. The van der Waals surface area contributed by atoms with Crippen molar-refractivity contribution in [3.63, 3.8) is 0 Å². The number of rotatable bonds is 3. The maximum atomic E-state index is 12.8. The zero-order valence-electron chi connectivity index (χ0n) is 11.7. The molecule has 0 bridgehead atoms. The zero-order valence-corrected chi connectivity index (χ0v) is 13.3. The van der Waals surface area contributed by atoms with E-state index < -0.39 is 16.0 Å². The van der Waals surface area contributed by atoms with Crippen molar-refractivity contribution in [2.24, 2.45) is 5.92 Å². The van der Waals surface area contributed by atoms with E-state index >= 15 is 0 Å². The highest BCUT2D eigenvalue weighted by atomic mass is 32.2. The summed E-state index contributed by atoms with van der Waals surface area (Å²) in [6, 6.07) is 1.39. The van der Waals surface area contributed by atoms with Crippen molar-refractivity contribution >= 4 is 27.3 Å². The second-order valence-electron chi connectivity index (χ2n) is 5.83. The Morgan fingerprint density at radius 2 is 1.95 bits per heavy atom. The van der Waals surface area contributed by atoms with Crippen LogP contribution in [0.25, 0.3) is 0 Å². The van der Waals surface area contributed by atoms with E-state index in [0.29, 0.717) is 12.5 Å². The number of piperidine rings is 1. The van der Waals surface area contributed by atoms with Crippen LogP contribution in [0, 0.1) is 5.92 Å². The molecular weight excluding hydrogens is 310 g/mol. The number of aromatic carboxylic acids is 1. The molecule has 3 rings (SSSR count). The van der Waals surface area contributed by atoms with Gasteiger partial charge in [-0.25, -0.2) is 13.2 Å². The normalized spacial score (nSPS) is 27.2. The second-order valence-corrected chi connectivity index (χ2v) is 8.86. The van der Waals surface area contributed by atoms with Crippen molar-refractivity contribution < 1.29 is 18.3 Å². The largest absolute Gasteiger partial charge is 0.478 e. The van der Waals surface area contributed by atoms with E-state index in [9.17, 15) is 13.2 Å². The van der Waals surface area contributed by atoms with Gasteiger partial charge in [0.25, 0.3) is 10.0 Å². The molecule has 116 valence electrons. The summed E-state index contributed by atoms with van der Waals surface area (Å²) in [5.41, 5.74) is 0.0516. The Kier molecular flexibility index (Phi) is 4.07. The van der Waals surface area contributed by atoms with E-state index in [-0.39, 0.29) is 15.8 Å². The molecule has 2 heterocycles. The van der Waals surface area contributed by atoms with Gasteiger partial charge in [-0.2, -0.15) is 4.31 Å². The van der Waals surface area contributed by atoms with E-state index in [1.54, 1.807) is 4.31 Å². The van der Waals surface area contributed by atoms with Crippen LogP contribution in [0.4, 0.5) is 0 Å². The molecule has 0 spiro atoms. The molecule has 1 aromatic heterocycles. The van der Waals surface area contributed by atoms with Gasteiger partial charge in [0.05, 0.1) is 5.56 Å². The molecule has 1 aliphatic carbocycles. The summed E-state index contributed by atoms with van der Waals surface area (Å²) in [6.45, 7) is 0.559. The van der Waals surface area contributed by atoms with Gasteiger partial charge in [0.1, 0.15) is 4.21 Å². The molecule has 0 radical (unpaired) electrons. The van der Waals surface area contributed by atoms with Crippen molar-refractivity contribution in [3.05, 3.63) is 17.0 Å². The molecule has 2 aliphatic rings. The Morgan fingerprint density at radius 3 is 2.67 bits per heavy atom. The third kappa shape index (κ3) is 2.74. The fourth-order valence-electron chi connectivity index (χ4n) is 3.56. The summed E-state index contributed by atoms with van der Waals surface area (Å²) < 4.78 is 27.4. The molecule has 0 aromatic carbocycles. The van der Waals surface area contributed by atoms with E-state index in [2.05, 4.69) is 0 Å². The molecule has 1 aromatic rings. The highest BCUT2D eigenvalue weighted by Crippen LogP contribution is 2.38. The van der Waals surface area contributed by atoms with Gasteiger partial charge in [0, 0.05) is 18.0 Å². The van der Waals surface area contributed by atoms with Crippen molar-refractivity contribution in [2.45, 2.75) is 48.8 Å². The Balaban J connectivity index is 1.90. The Labute approximate surface area is 128 Å². The third-order valence-electron chi connectivity index (χ3n) is 4.58. The maximum absolute atomic E-state index is 12.8. The van der Waals surface area contributed by atoms with Crippen LogP contribution in [-0.2, 0) is 10.0 Å². The molecular formula is C14H19NO4S2. The van der Waals surface area contributed by atoms with E-state index in [1.165, 1.54) is 17.9 Å². The number of hydrogen-bond donors (Lipinski definition) is 1. The highest BCUT2D eigenvalue weighted by molar-refractivity contribution is 7.91. The van der Waals surface area contributed by atoms with Gasteiger partial charge in [-0.1, -0.05) is 12.8 Å². The van der Waals surface area contributed by atoms with Crippen molar-refractivity contribution in [2.75, 3.05) is 6.54 Å². The third-order valence-corrected chi connectivity index (χ3v) is 7.92. The number of carboxylic acids is 1. The van der Waals surface area contributed by atoms with E-state index in [0.717, 1.165) is 43.4 Å². The lowest BCUT2D eigenvalue weighted by atomic mass is 9.79. The minimum absolute atomic E-state index is 0.0516. The van der Waals surface area contributed by atoms with Gasteiger partial charge in [0.15, 0.2) is 0 Å². The second kappa shape index (κ2) is 5.70. The standard InChI is InChI=1S/C14H19NO4S2/c16-14(17)11-8-13(20-9-11)21(18,19)15-7-3-5-10-4-1-2-6-12(10)15/h8-10,12H,1-7H2,(H,16,17). The number of thiophene rings is 1. The average molecular weight is 329 g/mol. The van der Waals surface area contributed by atoms with Crippen molar-refractivity contribution in [3.8, 4) is 0 Å². The zero-order chi connectivity index (χ0) is 15.0. The quantitative estimate of drug-likeness (QED) is 0.925. The van der Waals surface area contributed by atoms with Crippen LogP contribution in [0.1, 0.15) is 48.9 Å². The molecule has 1 aliphatic heterocycles. The number of fused-ring (bicyclic) bond motifs is 1. The van der Waals surface area contributed by atoms with Gasteiger partial charge >= 0.3 is 5.97 Å². The number of carboxylic acid groups (broad SMARTS) is 1. The van der Waals surface area contributed by atoms with E-state index in [1.807, 2.05) is 0 Å². The number of sulfonamides is 1. The molecule has 21 heavy (non-hydrogen) atoms. The average Bonchev–Trinajstić information content (AvgIpc) is 2.97. The lowest BCUT2D eigenvalue weighted by Gasteiger charge is -2.42. The first-order valence-corrected chi connectivity index (χ1v) is 9.66. The minimum Gasteiger partial charge on any atom is -0.478 e. The summed E-state index contributed by atoms with van der Waals surface area (Å²) in [6.07, 6.45) is 6.33. The van der Waals surface area contributed by atoms with Crippen LogP contribution in [0.5, 0.6) is 0 Å². The van der Waals surface area contributed by atoms with Crippen molar-refractivity contribution in [1.29, 1.82) is 0 Å². The number of carbonyl (C=O) groups is 1. The molecule has 1 N–H and O–H groups in total. The summed E-state index contributed by atoms with van der Waals surface area (Å²) in [4.78, 5) is 10.9. The van der Waals surface area contributed by atoms with Crippen LogP contribution >= 0.6 is 11.3 Å². The summed E-state index contributed by atoms with van der Waals surface area (Å²) in [5, 5.41) is 10.4. The van der Waals surface area contributed by atoms with Gasteiger partial charge in [0.2, 0.25) is 0 Å². The summed E-state index contributed by atoms with van der Waals surface area (Å²) in [5.74, 6) is -0.608. The predicted molar refractivity (Wildman–Crippen MR) is 80.2 cm³/mol. The molecule has 2 atom stereocenters. The Bertz CT molecular complexity index is 635. The minimum atomic E-state index is -3.56. The van der Waals surface area contributed by atoms with Gasteiger partial charge < -0.3 is 5.11 Å². The van der Waals surface area contributed by atoms with Gasteiger partial charge in [-0.05, 0) is 37.7 Å². The summed E-state index contributed by atoms with van der Waals surface area (Å²) >= 11 is 1.01. The first-order chi connectivity index (χ1) is 10.00. The van der Waals surface area contributed by atoms with Crippen LogP contribution in [0.3, 0.4) is 0 Å². The lowest BCUT2D eigenvalue weighted by Crippen LogP contribution is -2.49. The Morgan fingerprint density at radius 1 is 1.24 bits per heavy atom. The SMILES string of the molecule is O=C(O)c1csc(S(=O)(=O)N2CCCC3CCCCC32)c1. The Hall–Kier alpha value is -0.920. The van der Waals surface area contributed by atoms with Crippen LogP contribution < -0.4 is 0 Å². The monoisotopic (exact) mass is 329 g/mol. The topological polar surface area (TPSA) is 74.7 Å². The van der Waals surface area contributed by atoms with E-state index in [4.69, 9.17) is 5.11 Å². The molecule has 0 amide bonds. The molecule has 2 unspecified atom stereocenters. The fourth-order valence-corrected chi connectivity index (χ4v) is 6.59. The predicted octanol–water partition coefficient (Wildman–Crippen LogP) is 2.79. The maximum Gasteiger partial charge on any atom is 0.336 e. The van der Waals surface area contributed by atoms with Crippen molar-refractivity contribution in [1.82, 2.24) is 4.31 Å².